The lowest BCUT2D eigenvalue weighted by atomic mass is 10.1. The molecule has 0 fully saturated rings. The molecule has 0 aliphatic heterocycles. The average molecular weight is 345 g/mol. The van der Waals surface area contributed by atoms with Crippen LogP contribution in [-0.2, 0) is 6.54 Å². The molecule has 4 heteroatoms. The van der Waals surface area contributed by atoms with Crippen molar-refractivity contribution >= 4 is 23.3 Å². The first-order valence-corrected chi connectivity index (χ1v) is 8.75. The van der Waals surface area contributed by atoms with E-state index in [1.165, 1.54) is 5.56 Å². The van der Waals surface area contributed by atoms with Gasteiger partial charge in [-0.3, -0.25) is 0 Å². The van der Waals surface area contributed by atoms with E-state index in [4.69, 9.17) is 11.6 Å². The van der Waals surface area contributed by atoms with Crippen molar-refractivity contribution in [3.05, 3.63) is 64.2 Å². The summed E-state index contributed by atoms with van der Waals surface area (Å²) in [5, 5.41) is 3.72. The number of aryl methyl sites for hydroxylation is 2. The van der Waals surface area contributed by atoms with E-state index in [0.717, 1.165) is 29.7 Å². The largest absolute Gasteiger partial charge is 0.322 e. The first kappa shape index (κ1) is 18.3. The van der Waals surface area contributed by atoms with Crippen LogP contribution in [-0.4, -0.2) is 17.5 Å². The molecule has 0 saturated heterocycles. The van der Waals surface area contributed by atoms with Crippen LogP contribution in [0.15, 0.2) is 42.5 Å². The van der Waals surface area contributed by atoms with Crippen molar-refractivity contribution in [2.45, 2.75) is 40.2 Å². The Bertz CT molecular complexity index is 700. The first-order chi connectivity index (χ1) is 11.5. The number of nitrogens with one attached hydrogen (secondary N) is 1. The fourth-order valence-electron chi connectivity index (χ4n) is 2.58. The molecule has 0 heterocycles. The Morgan fingerprint density at radius 3 is 2.58 bits per heavy atom. The second-order valence-corrected chi connectivity index (χ2v) is 6.52. The van der Waals surface area contributed by atoms with E-state index >= 15 is 0 Å². The minimum atomic E-state index is -0.0877. The van der Waals surface area contributed by atoms with Crippen LogP contribution in [0.3, 0.4) is 0 Å². The van der Waals surface area contributed by atoms with Crippen LogP contribution in [0.1, 0.15) is 36.5 Å². The molecule has 0 bridgehead atoms. The van der Waals surface area contributed by atoms with Gasteiger partial charge in [-0.2, -0.15) is 0 Å². The molecule has 0 unspecified atom stereocenters. The number of hydrogen-bond acceptors (Lipinski definition) is 1. The Kier molecular flexibility index (Phi) is 6.68. The second-order valence-electron chi connectivity index (χ2n) is 6.12. The summed E-state index contributed by atoms with van der Waals surface area (Å²) >= 11 is 6.25. The van der Waals surface area contributed by atoms with Crippen LogP contribution in [0.25, 0.3) is 0 Å². The number of benzene rings is 2. The summed E-state index contributed by atoms with van der Waals surface area (Å²) in [6.45, 7) is 7.39. The highest BCUT2D eigenvalue weighted by Crippen LogP contribution is 2.20. The predicted molar refractivity (Wildman–Crippen MR) is 102 cm³/mol. The molecule has 2 aromatic carbocycles. The number of urea groups is 1. The topological polar surface area (TPSA) is 32.3 Å². The van der Waals surface area contributed by atoms with Crippen LogP contribution in [0.5, 0.6) is 0 Å². The van der Waals surface area contributed by atoms with Gasteiger partial charge in [0.2, 0.25) is 0 Å². The van der Waals surface area contributed by atoms with E-state index in [0.29, 0.717) is 18.1 Å². The number of anilines is 1. The number of nitrogens with zero attached hydrogens (tertiary/aromatic N) is 1. The van der Waals surface area contributed by atoms with Crippen LogP contribution in [0.2, 0.25) is 5.02 Å². The number of carbonyl (C=O) groups is 1. The third kappa shape index (κ3) is 5.00. The Hall–Kier alpha value is -2.00. The van der Waals surface area contributed by atoms with E-state index in [1.807, 2.05) is 55.1 Å². The summed E-state index contributed by atoms with van der Waals surface area (Å²) in [5.41, 5.74) is 4.07. The summed E-state index contributed by atoms with van der Waals surface area (Å²) in [6.07, 6.45) is 2.00. The van der Waals surface area contributed by atoms with Gasteiger partial charge in [-0.05, 0) is 43.5 Å². The summed E-state index contributed by atoms with van der Waals surface area (Å²) in [4.78, 5) is 14.6. The van der Waals surface area contributed by atoms with Gasteiger partial charge in [0.15, 0.2) is 0 Å². The fraction of sp³-hybridized carbons (Fsp3) is 0.350. The van der Waals surface area contributed by atoms with E-state index in [9.17, 15) is 4.79 Å². The minimum Gasteiger partial charge on any atom is -0.320 e. The average Bonchev–Trinajstić information content (AvgIpc) is 2.55. The van der Waals surface area contributed by atoms with Crippen molar-refractivity contribution in [3.63, 3.8) is 0 Å². The number of amides is 2. The SMILES string of the molecule is CCCCN(Cc1ccccc1Cl)C(=O)Nc1ccc(C)cc1C. The predicted octanol–water partition coefficient (Wildman–Crippen LogP) is 5.79. The molecule has 0 aliphatic rings. The van der Waals surface area contributed by atoms with Crippen molar-refractivity contribution < 1.29 is 4.79 Å². The molecule has 2 aromatic rings. The minimum absolute atomic E-state index is 0.0877. The number of rotatable bonds is 6. The second kappa shape index (κ2) is 8.74. The van der Waals surface area contributed by atoms with Crippen LogP contribution < -0.4 is 5.32 Å². The van der Waals surface area contributed by atoms with Gasteiger partial charge >= 0.3 is 6.03 Å². The number of halogens is 1. The molecule has 24 heavy (non-hydrogen) atoms. The van der Waals surface area contributed by atoms with Crippen LogP contribution in [0, 0.1) is 13.8 Å². The lowest BCUT2D eigenvalue weighted by molar-refractivity contribution is 0.208. The summed E-state index contributed by atoms with van der Waals surface area (Å²) in [5.74, 6) is 0. The van der Waals surface area contributed by atoms with Gasteiger partial charge in [0.25, 0.3) is 0 Å². The van der Waals surface area contributed by atoms with Crippen LogP contribution in [0.4, 0.5) is 10.5 Å². The van der Waals surface area contributed by atoms with Crippen molar-refractivity contribution in [2.75, 3.05) is 11.9 Å². The van der Waals surface area contributed by atoms with Crippen LogP contribution >= 0.6 is 11.6 Å². The standard InChI is InChI=1S/C20H25ClN2O/c1-4-5-12-23(14-17-8-6-7-9-18(17)21)20(24)22-19-11-10-15(2)13-16(19)3/h6-11,13H,4-5,12,14H2,1-3H3,(H,22,24). The highest BCUT2D eigenvalue weighted by atomic mass is 35.5. The molecule has 0 saturated carbocycles. The molecule has 128 valence electrons. The molecule has 0 aromatic heterocycles. The molecule has 3 nitrogen and oxygen atoms in total. The zero-order chi connectivity index (χ0) is 17.5. The van der Waals surface area contributed by atoms with E-state index in [-0.39, 0.29) is 6.03 Å². The fourth-order valence-corrected chi connectivity index (χ4v) is 2.78. The van der Waals surface area contributed by atoms with E-state index in [1.54, 1.807) is 0 Å². The van der Waals surface area contributed by atoms with Crippen molar-refractivity contribution in [1.29, 1.82) is 0 Å². The summed E-state index contributed by atoms with van der Waals surface area (Å²) in [6, 6.07) is 13.6. The van der Waals surface area contributed by atoms with Gasteiger partial charge in [0, 0.05) is 23.8 Å². The van der Waals surface area contributed by atoms with Gasteiger partial charge in [-0.25, -0.2) is 4.79 Å². The highest BCUT2D eigenvalue weighted by molar-refractivity contribution is 6.31. The number of unbranched alkanes of at least 4 members (excludes halogenated alkanes) is 1. The molecular formula is C20H25ClN2O. The van der Waals surface area contributed by atoms with Gasteiger partial charge in [-0.1, -0.05) is 60.8 Å². The van der Waals surface area contributed by atoms with Crippen molar-refractivity contribution in [2.24, 2.45) is 0 Å². The lowest BCUT2D eigenvalue weighted by Gasteiger charge is -2.24. The summed E-state index contributed by atoms with van der Waals surface area (Å²) in [7, 11) is 0. The molecule has 2 rings (SSSR count). The van der Waals surface area contributed by atoms with Gasteiger partial charge in [0.05, 0.1) is 0 Å². The Morgan fingerprint density at radius 1 is 1.17 bits per heavy atom. The van der Waals surface area contributed by atoms with E-state index < -0.39 is 0 Å². The van der Waals surface area contributed by atoms with E-state index in [2.05, 4.69) is 18.3 Å². The van der Waals surface area contributed by atoms with Crippen molar-refractivity contribution in [1.82, 2.24) is 4.90 Å². The molecule has 0 spiro atoms. The zero-order valence-electron chi connectivity index (χ0n) is 14.6. The molecule has 0 radical (unpaired) electrons. The Morgan fingerprint density at radius 2 is 1.92 bits per heavy atom. The third-order valence-electron chi connectivity index (χ3n) is 4.01. The lowest BCUT2D eigenvalue weighted by Crippen LogP contribution is -2.35. The quantitative estimate of drug-likeness (QED) is 0.706. The first-order valence-electron chi connectivity index (χ1n) is 8.38. The molecular weight excluding hydrogens is 320 g/mol. The Labute approximate surface area is 149 Å². The number of carbonyl (C=O) groups excluding carboxylic acids is 1. The van der Waals surface area contributed by atoms with Gasteiger partial charge in [-0.15, -0.1) is 0 Å². The molecule has 0 aliphatic carbocycles. The van der Waals surface area contributed by atoms with Gasteiger partial charge in [0.1, 0.15) is 0 Å². The number of hydrogen-bond donors (Lipinski definition) is 1. The highest BCUT2D eigenvalue weighted by Gasteiger charge is 2.15. The van der Waals surface area contributed by atoms with Crippen molar-refractivity contribution in [3.8, 4) is 0 Å². The van der Waals surface area contributed by atoms with Gasteiger partial charge < -0.3 is 10.2 Å². The maximum absolute atomic E-state index is 12.7. The summed E-state index contributed by atoms with van der Waals surface area (Å²) < 4.78 is 0. The maximum atomic E-state index is 12.7. The third-order valence-corrected chi connectivity index (χ3v) is 4.38. The normalized spacial score (nSPS) is 10.5. The molecule has 1 N–H and O–H groups in total. The monoisotopic (exact) mass is 344 g/mol. The molecule has 0 atom stereocenters. The molecule has 2 amide bonds. The smallest absolute Gasteiger partial charge is 0.320 e. The zero-order valence-corrected chi connectivity index (χ0v) is 15.4. The Balaban J connectivity index is 2.14. The maximum Gasteiger partial charge on any atom is 0.322 e.